The van der Waals surface area contributed by atoms with E-state index in [2.05, 4.69) is 6.07 Å². The number of methoxy groups -OCH3 is 2. The van der Waals surface area contributed by atoms with Gasteiger partial charge in [-0.1, -0.05) is 42.5 Å². The van der Waals surface area contributed by atoms with Crippen LogP contribution in [0.15, 0.2) is 71.3 Å². The van der Waals surface area contributed by atoms with Crippen molar-refractivity contribution in [3.05, 3.63) is 82.4 Å². The average Bonchev–Trinajstić information content (AvgIpc) is 2.77. The Morgan fingerprint density at radius 3 is 2.50 bits per heavy atom. The van der Waals surface area contributed by atoms with Crippen LogP contribution in [-0.4, -0.2) is 20.0 Å². The van der Waals surface area contributed by atoms with E-state index in [9.17, 15) is 10.1 Å². The van der Waals surface area contributed by atoms with Gasteiger partial charge in [0.1, 0.15) is 17.4 Å². The van der Waals surface area contributed by atoms with E-state index in [0.717, 1.165) is 5.56 Å². The highest BCUT2D eigenvalue weighted by Crippen LogP contribution is 2.49. The average molecular weight is 402 g/mol. The summed E-state index contributed by atoms with van der Waals surface area (Å²) in [5, 5.41) is 9.82. The topological polar surface area (TPSA) is 94.6 Å². The number of benzene rings is 2. The van der Waals surface area contributed by atoms with E-state index in [1.165, 1.54) is 7.11 Å². The number of para-hydroxylation sites is 1. The molecule has 2 aromatic carbocycles. The lowest BCUT2D eigenvalue weighted by Gasteiger charge is -2.34. The van der Waals surface area contributed by atoms with Crippen molar-refractivity contribution in [3.63, 3.8) is 0 Å². The molecule has 0 fully saturated rings. The predicted octanol–water partition coefficient (Wildman–Crippen LogP) is 3.91. The fourth-order valence-electron chi connectivity index (χ4n) is 4.32. The minimum atomic E-state index is -0.659. The maximum Gasteiger partial charge on any atom is 0.205 e. The Kier molecular flexibility index (Phi) is 5.20. The number of Topliss-reactive ketones (excluding diaryl/α,β-unsaturated/α-hetero) is 1. The van der Waals surface area contributed by atoms with E-state index < -0.39 is 5.92 Å². The van der Waals surface area contributed by atoms with Gasteiger partial charge in [-0.25, -0.2) is 0 Å². The lowest BCUT2D eigenvalue weighted by Crippen LogP contribution is -2.30. The number of nitrogens with zero attached hydrogens (tertiary/aromatic N) is 1. The molecule has 0 aromatic heterocycles. The maximum absolute atomic E-state index is 13.3. The van der Waals surface area contributed by atoms with Crippen molar-refractivity contribution >= 4 is 5.78 Å². The number of ether oxygens (including phenoxy) is 3. The molecule has 1 aliphatic carbocycles. The van der Waals surface area contributed by atoms with E-state index in [1.807, 2.05) is 36.4 Å². The summed E-state index contributed by atoms with van der Waals surface area (Å²) in [7, 11) is 3.07. The lowest BCUT2D eigenvalue weighted by atomic mass is 9.73. The monoisotopic (exact) mass is 402 g/mol. The molecule has 30 heavy (non-hydrogen) atoms. The summed E-state index contributed by atoms with van der Waals surface area (Å²) in [6.45, 7) is 0. The molecule has 0 spiro atoms. The quantitative estimate of drug-likeness (QED) is 0.833. The van der Waals surface area contributed by atoms with Crippen molar-refractivity contribution in [2.45, 2.75) is 24.7 Å². The Bertz CT molecular complexity index is 1100. The van der Waals surface area contributed by atoms with Gasteiger partial charge in [0.25, 0.3) is 0 Å². The van der Waals surface area contributed by atoms with Crippen molar-refractivity contribution in [1.29, 1.82) is 5.26 Å². The Balaban J connectivity index is 1.85. The molecule has 0 unspecified atom stereocenters. The van der Waals surface area contributed by atoms with Crippen LogP contribution in [0.3, 0.4) is 0 Å². The number of hydrogen-bond acceptors (Lipinski definition) is 6. The zero-order chi connectivity index (χ0) is 21.3. The predicted molar refractivity (Wildman–Crippen MR) is 111 cm³/mol. The SMILES string of the molecule is COc1cccc([C@H]2C(C#N)=C(N)OC3=C2C(=O)C[C@H](c2ccccc2)C3)c1OC. The number of carbonyl (C=O) groups excluding carboxylic acids is 1. The van der Waals surface area contributed by atoms with Gasteiger partial charge in [0, 0.05) is 24.0 Å². The molecule has 0 saturated carbocycles. The number of hydrogen-bond donors (Lipinski definition) is 1. The summed E-state index contributed by atoms with van der Waals surface area (Å²) >= 11 is 0. The highest BCUT2D eigenvalue weighted by molar-refractivity contribution is 6.00. The van der Waals surface area contributed by atoms with E-state index in [4.69, 9.17) is 19.9 Å². The summed E-state index contributed by atoms with van der Waals surface area (Å²) in [6, 6.07) is 17.4. The fourth-order valence-corrected chi connectivity index (χ4v) is 4.32. The van der Waals surface area contributed by atoms with E-state index in [0.29, 0.717) is 41.2 Å². The van der Waals surface area contributed by atoms with Crippen molar-refractivity contribution in [2.75, 3.05) is 14.2 Å². The second kappa shape index (κ2) is 7.96. The summed E-state index contributed by atoms with van der Waals surface area (Å²) in [6.07, 6.45) is 0.876. The molecule has 0 radical (unpaired) electrons. The number of ketones is 1. The third-order valence-electron chi connectivity index (χ3n) is 5.68. The van der Waals surface area contributed by atoms with E-state index in [-0.39, 0.29) is 23.2 Å². The third kappa shape index (κ3) is 3.18. The molecule has 2 atom stereocenters. The molecule has 6 nitrogen and oxygen atoms in total. The summed E-state index contributed by atoms with van der Waals surface area (Å²) in [4.78, 5) is 13.3. The van der Waals surface area contributed by atoms with Crippen LogP contribution in [0.4, 0.5) is 0 Å². The summed E-state index contributed by atoms with van der Waals surface area (Å²) in [5.74, 6) is 0.816. The lowest BCUT2D eigenvalue weighted by molar-refractivity contribution is -0.117. The first kappa shape index (κ1) is 19.6. The second-order valence-corrected chi connectivity index (χ2v) is 7.28. The van der Waals surface area contributed by atoms with Crippen molar-refractivity contribution in [3.8, 4) is 17.6 Å². The van der Waals surface area contributed by atoms with Gasteiger partial charge in [-0.15, -0.1) is 0 Å². The highest BCUT2D eigenvalue weighted by Gasteiger charge is 2.42. The molecule has 0 saturated heterocycles. The first-order valence-electron chi connectivity index (χ1n) is 9.68. The smallest absolute Gasteiger partial charge is 0.205 e. The minimum absolute atomic E-state index is 0.00161. The highest BCUT2D eigenvalue weighted by atomic mass is 16.5. The molecule has 0 amide bonds. The normalized spacial score (nSPS) is 20.9. The summed E-state index contributed by atoms with van der Waals surface area (Å²) < 4.78 is 16.8. The molecule has 152 valence electrons. The zero-order valence-electron chi connectivity index (χ0n) is 16.8. The van der Waals surface area contributed by atoms with Crippen LogP contribution in [0.25, 0.3) is 0 Å². The number of nitrogens with two attached hydrogens (primary N) is 1. The molecule has 1 heterocycles. The largest absolute Gasteiger partial charge is 0.493 e. The van der Waals surface area contributed by atoms with Crippen LogP contribution in [-0.2, 0) is 9.53 Å². The standard InChI is InChI=1S/C24H22N2O4/c1-28-19-10-6-9-16(23(19)29-2)21-17(13-25)24(26)30-20-12-15(11-18(27)22(20)21)14-7-4-3-5-8-14/h3-10,15,21H,11-12,26H2,1-2H3/t15-,21-/m0/s1. The van der Waals surface area contributed by atoms with Crippen molar-refractivity contribution in [2.24, 2.45) is 5.73 Å². The van der Waals surface area contributed by atoms with Gasteiger partial charge >= 0.3 is 0 Å². The summed E-state index contributed by atoms with van der Waals surface area (Å²) in [5.41, 5.74) is 8.53. The molecule has 4 rings (SSSR count). The molecule has 0 bridgehead atoms. The van der Waals surface area contributed by atoms with Crippen LogP contribution in [0.5, 0.6) is 11.5 Å². The van der Waals surface area contributed by atoms with Crippen LogP contribution in [0.2, 0.25) is 0 Å². The van der Waals surface area contributed by atoms with Crippen LogP contribution in [0.1, 0.15) is 35.8 Å². The first-order valence-corrected chi connectivity index (χ1v) is 9.68. The van der Waals surface area contributed by atoms with Gasteiger partial charge in [0.15, 0.2) is 17.3 Å². The van der Waals surface area contributed by atoms with Crippen LogP contribution >= 0.6 is 0 Å². The maximum atomic E-state index is 13.3. The zero-order valence-corrected chi connectivity index (χ0v) is 16.8. The Hall–Kier alpha value is -3.72. The van der Waals surface area contributed by atoms with Gasteiger partial charge in [0.05, 0.1) is 20.1 Å². The third-order valence-corrected chi connectivity index (χ3v) is 5.68. The molecular formula is C24H22N2O4. The number of rotatable bonds is 4. The molecule has 2 aromatic rings. The molecule has 1 aliphatic heterocycles. The van der Waals surface area contributed by atoms with Gasteiger partial charge < -0.3 is 19.9 Å². The molecule has 6 heteroatoms. The van der Waals surface area contributed by atoms with Gasteiger partial charge in [-0.3, -0.25) is 4.79 Å². The minimum Gasteiger partial charge on any atom is -0.493 e. The number of carbonyl (C=O) groups is 1. The molecule has 2 aliphatic rings. The molecular weight excluding hydrogens is 380 g/mol. The second-order valence-electron chi connectivity index (χ2n) is 7.28. The van der Waals surface area contributed by atoms with Gasteiger partial charge in [-0.2, -0.15) is 5.26 Å². The molecule has 2 N–H and O–H groups in total. The van der Waals surface area contributed by atoms with Gasteiger partial charge in [-0.05, 0) is 17.5 Å². The Morgan fingerprint density at radius 2 is 1.83 bits per heavy atom. The van der Waals surface area contributed by atoms with E-state index in [1.54, 1.807) is 19.2 Å². The van der Waals surface area contributed by atoms with Crippen molar-refractivity contribution < 1.29 is 19.0 Å². The van der Waals surface area contributed by atoms with Crippen molar-refractivity contribution in [1.82, 2.24) is 0 Å². The number of nitriles is 1. The Morgan fingerprint density at radius 1 is 1.07 bits per heavy atom. The first-order chi connectivity index (χ1) is 14.6. The van der Waals surface area contributed by atoms with Gasteiger partial charge in [0.2, 0.25) is 5.88 Å². The Labute approximate surface area is 175 Å². The number of allylic oxidation sites excluding steroid dienone is 3. The van der Waals surface area contributed by atoms with Crippen LogP contribution in [0, 0.1) is 11.3 Å². The fraction of sp³-hybridized carbons (Fsp3) is 0.250. The van der Waals surface area contributed by atoms with Crippen LogP contribution < -0.4 is 15.2 Å². The van der Waals surface area contributed by atoms with E-state index >= 15 is 0 Å².